The maximum Gasteiger partial charge on any atom is 0.163 e. The molecule has 0 saturated carbocycles. The predicted molar refractivity (Wildman–Crippen MR) is 106 cm³/mol. The summed E-state index contributed by atoms with van der Waals surface area (Å²) in [5.74, 6) is 1.83. The second-order valence-corrected chi connectivity index (χ2v) is 7.27. The van der Waals surface area contributed by atoms with Gasteiger partial charge in [-0.2, -0.15) is 5.26 Å². The molecule has 1 fully saturated rings. The largest absolute Gasteiger partial charge is 0.384 e. The van der Waals surface area contributed by atoms with E-state index in [1.807, 2.05) is 18.2 Å². The molecule has 28 heavy (non-hydrogen) atoms. The van der Waals surface area contributed by atoms with Gasteiger partial charge < -0.3 is 10.6 Å². The molecule has 4 aromatic rings. The number of aromatic nitrogens is 6. The minimum absolute atomic E-state index is 0.173. The Kier molecular flexibility index (Phi) is 3.65. The Morgan fingerprint density at radius 2 is 2.11 bits per heavy atom. The molecule has 5 heterocycles. The number of H-pyrrole nitrogens is 1. The van der Waals surface area contributed by atoms with Crippen LogP contribution in [0.2, 0.25) is 0 Å². The van der Waals surface area contributed by atoms with Gasteiger partial charge >= 0.3 is 0 Å². The summed E-state index contributed by atoms with van der Waals surface area (Å²) in [7, 11) is 0. The van der Waals surface area contributed by atoms with Crippen molar-refractivity contribution in [1.29, 1.82) is 5.26 Å². The van der Waals surface area contributed by atoms with E-state index in [1.165, 1.54) is 0 Å². The number of nitriles is 1. The molecular formula is C19H19N9. The number of nitrogens with one attached hydrogen (secondary N) is 1. The zero-order valence-electron chi connectivity index (χ0n) is 15.4. The monoisotopic (exact) mass is 373 g/mol. The Morgan fingerprint density at radius 1 is 1.21 bits per heavy atom. The summed E-state index contributed by atoms with van der Waals surface area (Å²) >= 11 is 0. The van der Waals surface area contributed by atoms with Crippen molar-refractivity contribution < 1.29 is 0 Å². The molecule has 0 spiro atoms. The van der Waals surface area contributed by atoms with Crippen molar-refractivity contribution in [2.75, 3.05) is 23.7 Å². The van der Waals surface area contributed by atoms with Gasteiger partial charge in [0.2, 0.25) is 0 Å². The normalized spacial score (nSPS) is 19.9. The lowest BCUT2D eigenvalue weighted by molar-refractivity contribution is 0.285. The van der Waals surface area contributed by atoms with Crippen molar-refractivity contribution in [1.82, 2.24) is 29.9 Å². The van der Waals surface area contributed by atoms with Crippen LogP contribution < -0.4 is 10.6 Å². The fourth-order valence-electron chi connectivity index (χ4n) is 4.04. The van der Waals surface area contributed by atoms with Gasteiger partial charge in [-0.1, -0.05) is 6.92 Å². The van der Waals surface area contributed by atoms with Crippen LogP contribution in [0.3, 0.4) is 0 Å². The van der Waals surface area contributed by atoms with Crippen LogP contribution in [0.1, 0.15) is 25.1 Å². The van der Waals surface area contributed by atoms with Crippen LogP contribution in [-0.2, 0) is 0 Å². The molecule has 1 aliphatic heterocycles. The summed E-state index contributed by atoms with van der Waals surface area (Å²) in [6, 6.07) is 7.72. The lowest BCUT2D eigenvalue weighted by atomic mass is 9.93. The lowest BCUT2D eigenvalue weighted by Crippen LogP contribution is -2.41. The van der Waals surface area contributed by atoms with Crippen LogP contribution in [0.25, 0.3) is 21.9 Å². The van der Waals surface area contributed by atoms with Crippen LogP contribution in [-0.4, -0.2) is 43.0 Å². The second-order valence-electron chi connectivity index (χ2n) is 7.27. The van der Waals surface area contributed by atoms with Crippen molar-refractivity contribution in [3.63, 3.8) is 0 Å². The number of nitrogens with zero attached hydrogens (tertiary/aromatic N) is 7. The van der Waals surface area contributed by atoms with Crippen molar-refractivity contribution in [3.8, 4) is 6.07 Å². The first kappa shape index (κ1) is 16.5. The van der Waals surface area contributed by atoms with Crippen molar-refractivity contribution in [2.45, 2.75) is 19.4 Å². The third kappa shape index (κ3) is 2.45. The van der Waals surface area contributed by atoms with E-state index >= 15 is 0 Å². The summed E-state index contributed by atoms with van der Waals surface area (Å²) < 4.78 is 2.16. The zero-order chi connectivity index (χ0) is 19.3. The molecule has 0 aliphatic carbocycles. The fraction of sp³-hybridized carbons (Fsp3) is 0.316. The summed E-state index contributed by atoms with van der Waals surface area (Å²) in [4.78, 5) is 10.9. The molecule has 0 aromatic carbocycles. The second kappa shape index (κ2) is 6.20. The molecule has 0 radical (unpaired) electrons. The molecular weight excluding hydrogens is 354 g/mol. The average molecular weight is 373 g/mol. The Hall–Kier alpha value is -3.67. The molecule has 1 saturated heterocycles. The number of aromatic amines is 1. The van der Waals surface area contributed by atoms with Crippen molar-refractivity contribution >= 4 is 33.6 Å². The van der Waals surface area contributed by atoms with E-state index < -0.39 is 0 Å². The number of rotatable bonds is 2. The molecule has 1 aliphatic rings. The van der Waals surface area contributed by atoms with Gasteiger partial charge in [-0.15, -0.1) is 10.2 Å². The average Bonchev–Trinajstić information content (AvgIpc) is 3.33. The number of nitrogens with two attached hydrogens (primary N) is 1. The quantitative estimate of drug-likeness (QED) is 0.552. The van der Waals surface area contributed by atoms with E-state index in [-0.39, 0.29) is 6.04 Å². The third-order valence-electron chi connectivity index (χ3n) is 5.62. The molecule has 5 rings (SSSR count). The van der Waals surface area contributed by atoms with Gasteiger partial charge in [0.25, 0.3) is 0 Å². The van der Waals surface area contributed by atoms with E-state index in [4.69, 9.17) is 11.0 Å². The number of hydrogen-bond donors (Lipinski definition) is 2. The number of hydrogen-bond acceptors (Lipinski definition) is 7. The van der Waals surface area contributed by atoms with Gasteiger partial charge in [-0.05, 0) is 30.5 Å². The minimum atomic E-state index is 0.173. The molecule has 9 heteroatoms. The minimum Gasteiger partial charge on any atom is -0.384 e. The number of nitrogen functional groups attached to an aromatic ring is 1. The number of anilines is 2. The van der Waals surface area contributed by atoms with Gasteiger partial charge in [-0.3, -0.25) is 9.78 Å². The van der Waals surface area contributed by atoms with Gasteiger partial charge in [-0.25, -0.2) is 9.97 Å². The topological polar surface area (TPSA) is 125 Å². The summed E-state index contributed by atoms with van der Waals surface area (Å²) in [6.07, 6.45) is 4.56. The van der Waals surface area contributed by atoms with Gasteiger partial charge in [0.1, 0.15) is 11.9 Å². The fourth-order valence-corrected chi connectivity index (χ4v) is 4.04. The van der Waals surface area contributed by atoms with E-state index in [1.54, 1.807) is 18.5 Å². The zero-order valence-corrected chi connectivity index (χ0v) is 15.4. The predicted octanol–water partition coefficient (Wildman–Crippen LogP) is 2.24. The third-order valence-corrected chi connectivity index (χ3v) is 5.62. The number of piperidine rings is 1. The number of fused-ring (bicyclic) bond motifs is 3. The van der Waals surface area contributed by atoms with Crippen LogP contribution >= 0.6 is 0 Å². The molecule has 3 N–H and O–H groups in total. The molecule has 140 valence electrons. The molecule has 0 unspecified atom stereocenters. The lowest BCUT2D eigenvalue weighted by Gasteiger charge is -2.38. The summed E-state index contributed by atoms with van der Waals surface area (Å²) in [5.41, 5.74) is 8.34. The standard InChI is InChI=1S/C19H19N9/c1-11-5-7-27(16-3-2-12(8-20)24-25-16)10-15(11)28-17-13-4-6-22-19(13)23-9-14(17)18(21)26-28/h2-4,6,9,11,15,26H,5,7,10,21H2,1H3/t11-,15+/m1/s1. The Morgan fingerprint density at radius 3 is 2.89 bits per heavy atom. The molecule has 0 bridgehead atoms. The van der Waals surface area contributed by atoms with Crippen molar-refractivity contribution in [2.24, 2.45) is 5.92 Å². The SMILES string of the molecule is C[C@@H]1CCN(c2ccc(C#N)nn2)C[C@@H]1n1[nH]c(N)c2cnc3nccc3c21. The smallest absolute Gasteiger partial charge is 0.163 e. The van der Waals surface area contributed by atoms with Crippen molar-refractivity contribution in [3.05, 3.63) is 36.3 Å². The Balaban J connectivity index is 1.57. The molecule has 0 amide bonds. The van der Waals surface area contributed by atoms with Crippen LogP contribution in [0.4, 0.5) is 11.6 Å². The Labute approximate surface area is 160 Å². The molecule has 9 nitrogen and oxygen atoms in total. The van der Waals surface area contributed by atoms with E-state index in [0.717, 1.165) is 47.3 Å². The first-order valence-corrected chi connectivity index (χ1v) is 9.23. The highest BCUT2D eigenvalue weighted by atomic mass is 15.4. The first-order valence-electron chi connectivity index (χ1n) is 9.23. The van der Waals surface area contributed by atoms with Gasteiger partial charge in [0.05, 0.1) is 16.9 Å². The van der Waals surface area contributed by atoms with Gasteiger partial charge in [0, 0.05) is 30.9 Å². The van der Waals surface area contributed by atoms with E-state index in [9.17, 15) is 0 Å². The highest BCUT2D eigenvalue weighted by Gasteiger charge is 2.30. The molecule has 2 atom stereocenters. The van der Waals surface area contributed by atoms with E-state index in [2.05, 4.69) is 41.8 Å². The summed E-state index contributed by atoms with van der Waals surface area (Å²) in [6.45, 7) is 3.91. The van der Waals surface area contributed by atoms with Crippen LogP contribution in [0, 0.1) is 17.2 Å². The summed E-state index contributed by atoms with van der Waals surface area (Å²) in [5, 5.41) is 22.4. The van der Waals surface area contributed by atoms with Gasteiger partial charge in [0.15, 0.2) is 17.2 Å². The van der Waals surface area contributed by atoms with E-state index in [0.29, 0.717) is 17.4 Å². The maximum atomic E-state index is 8.94. The highest BCUT2D eigenvalue weighted by molar-refractivity contribution is 6.06. The van der Waals surface area contributed by atoms with Crippen LogP contribution in [0.15, 0.2) is 30.6 Å². The first-order chi connectivity index (χ1) is 13.7. The maximum absolute atomic E-state index is 8.94. The number of pyridine rings is 1. The van der Waals surface area contributed by atoms with Crippen LogP contribution in [0.5, 0.6) is 0 Å². The Bertz CT molecular complexity index is 1200. The highest BCUT2D eigenvalue weighted by Crippen LogP contribution is 2.35. The molecule has 4 aromatic heterocycles.